The van der Waals surface area contributed by atoms with Gasteiger partial charge in [-0.25, -0.2) is 0 Å². The van der Waals surface area contributed by atoms with Crippen LogP contribution in [-0.4, -0.2) is 30.6 Å². The fourth-order valence-electron chi connectivity index (χ4n) is 3.29. The highest BCUT2D eigenvalue weighted by atomic mass is 15.2. The molecule has 2 aliphatic rings. The third kappa shape index (κ3) is 1.82. The van der Waals surface area contributed by atoms with Crippen molar-refractivity contribution in [1.29, 1.82) is 0 Å². The molecular weight excluding hydrogens is 172 g/mol. The lowest BCUT2D eigenvalue weighted by atomic mass is 9.80. The van der Waals surface area contributed by atoms with E-state index in [1.54, 1.807) is 0 Å². The average Bonchev–Trinajstić information content (AvgIpc) is 2.59. The number of nitrogens with zero attached hydrogens (tertiary/aromatic N) is 1. The molecule has 82 valence electrons. The summed E-state index contributed by atoms with van der Waals surface area (Å²) < 4.78 is 0. The first kappa shape index (κ1) is 10.4. The Kier molecular flexibility index (Phi) is 3.13. The summed E-state index contributed by atoms with van der Waals surface area (Å²) in [6, 6.07) is 1.65. The second-order valence-electron chi connectivity index (χ2n) is 5.39. The molecule has 2 nitrogen and oxygen atoms in total. The molecule has 2 atom stereocenters. The van der Waals surface area contributed by atoms with Gasteiger partial charge in [-0.15, -0.1) is 0 Å². The summed E-state index contributed by atoms with van der Waals surface area (Å²) in [5, 5.41) is 0. The molecule has 2 heteroatoms. The van der Waals surface area contributed by atoms with Crippen molar-refractivity contribution in [1.82, 2.24) is 4.90 Å². The first-order valence-electron chi connectivity index (χ1n) is 6.14. The van der Waals surface area contributed by atoms with Crippen molar-refractivity contribution in [3.8, 4) is 0 Å². The number of hydrogen-bond donors (Lipinski definition) is 1. The molecule has 0 heterocycles. The van der Waals surface area contributed by atoms with Gasteiger partial charge in [0.15, 0.2) is 0 Å². The second-order valence-corrected chi connectivity index (χ2v) is 5.39. The van der Waals surface area contributed by atoms with Gasteiger partial charge in [0.2, 0.25) is 0 Å². The first-order valence-corrected chi connectivity index (χ1v) is 6.14. The van der Waals surface area contributed by atoms with Gasteiger partial charge in [-0.05, 0) is 51.1 Å². The molecule has 2 saturated carbocycles. The molecule has 0 amide bonds. The van der Waals surface area contributed by atoms with Crippen LogP contribution < -0.4 is 5.73 Å². The Morgan fingerprint density at radius 3 is 2.57 bits per heavy atom. The molecular formula is C12H24N2. The maximum Gasteiger partial charge on any atom is 0.0135 e. The molecule has 2 N–H and O–H groups in total. The molecule has 0 aromatic rings. The van der Waals surface area contributed by atoms with Crippen molar-refractivity contribution in [2.24, 2.45) is 17.6 Å². The Hall–Kier alpha value is -0.0800. The summed E-state index contributed by atoms with van der Waals surface area (Å²) in [5.74, 6) is 1.73. The molecule has 2 unspecified atom stereocenters. The molecule has 0 aromatic heterocycles. The molecule has 0 radical (unpaired) electrons. The van der Waals surface area contributed by atoms with Crippen LogP contribution in [0.15, 0.2) is 0 Å². The van der Waals surface area contributed by atoms with E-state index in [1.807, 2.05) is 0 Å². The summed E-state index contributed by atoms with van der Waals surface area (Å²) in [7, 11) is 2.31. The van der Waals surface area contributed by atoms with Gasteiger partial charge in [-0.2, -0.15) is 0 Å². The number of hydrogen-bond acceptors (Lipinski definition) is 2. The zero-order chi connectivity index (χ0) is 10.1. The zero-order valence-electron chi connectivity index (χ0n) is 9.58. The lowest BCUT2D eigenvalue weighted by molar-refractivity contribution is 0.0582. The fraction of sp³-hybridized carbons (Fsp3) is 1.00. The van der Waals surface area contributed by atoms with Crippen LogP contribution in [0, 0.1) is 11.8 Å². The average molecular weight is 196 g/mol. The normalized spacial score (nSPS) is 42.9. The highest BCUT2D eigenvalue weighted by Gasteiger charge is 2.36. The monoisotopic (exact) mass is 196 g/mol. The Morgan fingerprint density at radius 1 is 1.29 bits per heavy atom. The highest BCUT2D eigenvalue weighted by molar-refractivity contribution is 4.92. The summed E-state index contributed by atoms with van der Waals surface area (Å²) in [5.41, 5.74) is 5.82. The highest BCUT2D eigenvalue weighted by Crippen LogP contribution is 2.36. The van der Waals surface area contributed by atoms with Crippen LogP contribution in [0.25, 0.3) is 0 Å². The van der Waals surface area contributed by atoms with E-state index in [9.17, 15) is 0 Å². The van der Waals surface area contributed by atoms with E-state index in [0.29, 0.717) is 0 Å². The predicted molar refractivity (Wildman–Crippen MR) is 60.1 cm³/mol. The van der Waals surface area contributed by atoms with Crippen molar-refractivity contribution in [3.05, 3.63) is 0 Å². The molecule has 0 saturated heterocycles. The quantitative estimate of drug-likeness (QED) is 0.746. The summed E-state index contributed by atoms with van der Waals surface area (Å²) in [4.78, 5) is 2.63. The number of nitrogens with two attached hydrogens (primary N) is 1. The third-order valence-electron chi connectivity index (χ3n) is 4.37. The summed E-state index contributed by atoms with van der Waals surface area (Å²) in [6.07, 6.45) is 6.94. The molecule has 14 heavy (non-hydrogen) atoms. The van der Waals surface area contributed by atoms with E-state index in [2.05, 4.69) is 18.9 Å². The minimum Gasteiger partial charge on any atom is -0.330 e. The molecule has 0 spiro atoms. The molecule has 0 bridgehead atoms. The lowest BCUT2D eigenvalue weighted by Crippen LogP contribution is -2.49. The van der Waals surface area contributed by atoms with E-state index < -0.39 is 0 Å². The van der Waals surface area contributed by atoms with Crippen molar-refractivity contribution in [2.75, 3.05) is 13.6 Å². The Balaban J connectivity index is 1.87. The van der Waals surface area contributed by atoms with E-state index in [1.165, 1.54) is 32.1 Å². The van der Waals surface area contributed by atoms with E-state index >= 15 is 0 Å². The van der Waals surface area contributed by atoms with Crippen LogP contribution in [0.3, 0.4) is 0 Å². The SMILES string of the molecule is CC1CC(N(C)C2CCCC2CN)C1. The van der Waals surface area contributed by atoms with E-state index in [0.717, 1.165) is 30.5 Å². The Labute approximate surface area is 87.8 Å². The van der Waals surface area contributed by atoms with Gasteiger partial charge in [0.25, 0.3) is 0 Å². The van der Waals surface area contributed by atoms with Crippen LogP contribution in [-0.2, 0) is 0 Å². The van der Waals surface area contributed by atoms with Crippen molar-refractivity contribution in [3.63, 3.8) is 0 Å². The van der Waals surface area contributed by atoms with Gasteiger partial charge in [-0.3, -0.25) is 0 Å². The predicted octanol–water partition coefficient (Wildman–Crippen LogP) is 1.84. The third-order valence-corrected chi connectivity index (χ3v) is 4.37. The van der Waals surface area contributed by atoms with Crippen molar-refractivity contribution < 1.29 is 0 Å². The molecule has 0 aromatic carbocycles. The topological polar surface area (TPSA) is 29.3 Å². The lowest BCUT2D eigenvalue weighted by Gasteiger charge is -2.44. The van der Waals surface area contributed by atoms with Crippen LogP contribution in [0.4, 0.5) is 0 Å². The van der Waals surface area contributed by atoms with Gasteiger partial charge in [-0.1, -0.05) is 13.3 Å². The van der Waals surface area contributed by atoms with Crippen LogP contribution in [0.5, 0.6) is 0 Å². The molecule has 2 rings (SSSR count). The second kappa shape index (κ2) is 4.19. The standard InChI is InChI=1S/C12H24N2/c1-9-6-11(7-9)14(2)12-5-3-4-10(12)8-13/h9-12H,3-8,13H2,1-2H3. The van der Waals surface area contributed by atoms with Crippen LogP contribution >= 0.6 is 0 Å². The van der Waals surface area contributed by atoms with Gasteiger partial charge < -0.3 is 10.6 Å². The number of rotatable bonds is 3. The fourth-order valence-corrected chi connectivity index (χ4v) is 3.29. The summed E-state index contributed by atoms with van der Waals surface area (Å²) >= 11 is 0. The zero-order valence-corrected chi connectivity index (χ0v) is 9.58. The molecule has 2 aliphatic carbocycles. The van der Waals surface area contributed by atoms with Crippen molar-refractivity contribution in [2.45, 2.75) is 51.1 Å². The van der Waals surface area contributed by atoms with Crippen LogP contribution in [0.2, 0.25) is 0 Å². The van der Waals surface area contributed by atoms with E-state index in [4.69, 9.17) is 5.73 Å². The molecule has 2 fully saturated rings. The van der Waals surface area contributed by atoms with Gasteiger partial charge >= 0.3 is 0 Å². The maximum atomic E-state index is 5.82. The minimum atomic E-state index is 0.774. The Morgan fingerprint density at radius 2 is 2.00 bits per heavy atom. The van der Waals surface area contributed by atoms with E-state index in [-0.39, 0.29) is 0 Å². The van der Waals surface area contributed by atoms with Crippen molar-refractivity contribution >= 4 is 0 Å². The largest absolute Gasteiger partial charge is 0.330 e. The summed E-state index contributed by atoms with van der Waals surface area (Å²) in [6.45, 7) is 3.25. The minimum absolute atomic E-state index is 0.774. The van der Waals surface area contributed by atoms with Crippen LogP contribution in [0.1, 0.15) is 39.0 Å². The maximum absolute atomic E-state index is 5.82. The molecule has 0 aliphatic heterocycles. The van der Waals surface area contributed by atoms with Gasteiger partial charge in [0.1, 0.15) is 0 Å². The Bertz CT molecular complexity index is 187. The van der Waals surface area contributed by atoms with Gasteiger partial charge in [0, 0.05) is 12.1 Å². The van der Waals surface area contributed by atoms with Gasteiger partial charge in [0.05, 0.1) is 0 Å². The smallest absolute Gasteiger partial charge is 0.0135 e. The first-order chi connectivity index (χ1) is 6.72.